The molecule has 21 heavy (non-hydrogen) atoms. The van der Waals surface area contributed by atoms with E-state index in [0.29, 0.717) is 5.69 Å². The molecule has 0 amide bonds. The highest BCUT2D eigenvalue weighted by Crippen LogP contribution is 2.16. The summed E-state index contributed by atoms with van der Waals surface area (Å²) in [5.41, 5.74) is 0.658. The van der Waals surface area contributed by atoms with Crippen LogP contribution >= 0.6 is 0 Å². The number of rotatable bonds is 5. The van der Waals surface area contributed by atoms with Gasteiger partial charge < -0.3 is 25.7 Å². The Morgan fingerprint density at radius 1 is 1.14 bits per heavy atom. The van der Waals surface area contributed by atoms with Crippen LogP contribution in [0.3, 0.4) is 0 Å². The lowest BCUT2D eigenvalue weighted by atomic mass is 10.1. The van der Waals surface area contributed by atoms with Crippen molar-refractivity contribution in [2.24, 2.45) is 0 Å². The van der Waals surface area contributed by atoms with E-state index in [9.17, 15) is 15.3 Å². The summed E-state index contributed by atoms with van der Waals surface area (Å²) in [7, 11) is -1.71. The topological polar surface area (TPSA) is 124 Å². The van der Waals surface area contributed by atoms with Crippen molar-refractivity contribution < 1.29 is 20.4 Å². The zero-order chi connectivity index (χ0) is 15.8. The number of aliphatic hydroxyl groups excluding tert-OH is 4. The van der Waals surface area contributed by atoms with E-state index >= 15 is 0 Å². The van der Waals surface area contributed by atoms with E-state index in [1.54, 1.807) is 4.68 Å². The van der Waals surface area contributed by atoms with Crippen LogP contribution in [-0.4, -0.2) is 74.4 Å². The molecule has 1 aromatic heterocycles. The molecule has 2 rings (SSSR count). The summed E-state index contributed by atoms with van der Waals surface area (Å²) >= 11 is 0. The van der Waals surface area contributed by atoms with Gasteiger partial charge in [0.2, 0.25) is 0 Å². The Labute approximate surface area is 124 Å². The molecule has 1 saturated heterocycles. The molecule has 1 aliphatic rings. The predicted molar refractivity (Wildman–Crippen MR) is 78.7 cm³/mol. The highest BCUT2D eigenvalue weighted by atomic mass is 28.3. The Balaban J connectivity index is 2.19. The summed E-state index contributed by atoms with van der Waals surface area (Å²) in [6.07, 6.45) is -2.01. The van der Waals surface area contributed by atoms with E-state index in [2.05, 4.69) is 35.3 Å². The first-order valence-corrected chi connectivity index (χ1v) is 10.6. The van der Waals surface area contributed by atoms with Gasteiger partial charge in [0.15, 0.2) is 0 Å². The third-order valence-corrected chi connectivity index (χ3v) is 5.68. The predicted octanol–water partition coefficient (Wildman–Crippen LogP) is -2.63. The SMILES string of the molecule is C[Si](C)(C)c1nnn(C[C@H]2N[C@H](CO)[C@@H](O)[C@@H]2O)c1CO. The molecule has 8 nitrogen and oxygen atoms in total. The maximum Gasteiger partial charge on any atom is 0.106 e. The second-order valence-electron chi connectivity index (χ2n) is 6.52. The molecule has 0 unspecified atom stereocenters. The van der Waals surface area contributed by atoms with Crippen molar-refractivity contribution in [3.05, 3.63) is 5.69 Å². The first-order chi connectivity index (χ1) is 9.79. The fourth-order valence-electron chi connectivity index (χ4n) is 2.67. The lowest BCUT2D eigenvalue weighted by Crippen LogP contribution is -2.42. The second-order valence-corrected chi connectivity index (χ2v) is 11.5. The van der Waals surface area contributed by atoms with E-state index in [1.807, 2.05) is 0 Å². The van der Waals surface area contributed by atoms with Crippen LogP contribution in [0.4, 0.5) is 0 Å². The summed E-state index contributed by atoms with van der Waals surface area (Å²) in [4.78, 5) is 0. The first kappa shape index (κ1) is 16.5. The highest BCUT2D eigenvalue weighted by molar-refractivity contribution is 6.88. The number of aromatic nitrogens is 3. The fourth-order valence-corrected chi connectivity index (χ4v) is 4.09. The zero-order valence-corrected chi connectivity index (χ0v) is 13.6. The Morgan fingerprint density at radius 2 is 1.76 bits per heavy atom. The molecule has 4 atom stereocenters. The van der Waals surface area contributed by atoms with Crippen molar-refractivity contribution in [3.8, 4) is 0 Å². The van der Waals surface area contributed by atoms with Crippen LogP contribution in [0.1, 0.15) is 5.69 Å². The van der Waals surface area contributed by atoms with Gasteiger partial charge in [0.05, 0.1) is 55.1 Å². The molecular weight excluding hydrogens is 292 g/mol. The van der Waals surface area contributed by atoms with Gasteiger partial charge in [-0.3, -0.25) is 0 Å². The van der Waals surface area contributed by atoms with Crippen molar-refractivity contribution in [2.75, 3.05) is 6.61 Å². The first-order valence-electron chi connectivity index (χ1n) is 7.06. The van der Waals surface area contributed by atoms with Crippen molar-refractivity contribution in [2.45, 2.75) is 57.1 Å². The minimum absolute atomic E-state index is 0.165. The molecule has 120 valence electrons. The van der Waals surface area contributed by atoms with E-state index < -0.39 is 32.4 Å². The van der Waals surface area contributed by atoms with Crippen molar-refractivity contribution in [3.63, 3.8) is 0 Å². The molecule has 2 heterocycles. The van der Waals surface area contributed by atoms with Crippen LogP contribution in [-0.2, 0) is 13.2 Å². The smallest absolute Gasteiger partial charge is 0.106 e. The normalized spacial score (nSPS) is 30.0. The Kier molecular flexibility index (Phi) is 4.81. The lowest BCUT2D eigenvalue weighted by molar-refractivity contribution is 0.0173. The molecule has 9 heteroatoms. The third kappa shape index (κ3) is 3.17. The quantitative estimate of drug-likeness (QED) is 0.377. The number of hydrogen-bond acceptors (Lipinski definition) is 7. The zero-order valence-electron chi connectivity index (χ0n) is 12.6. The summed E-state index contributed by atoms with van der Waals surface area (Å²) in [5, 5.41) is 50.6. The molecule has 0 spiro atoms. The van der Waals surface area contributed by atoms with Gasteiger partial charge in [-0.05, 0) is 0 Å². The maximum absolute atomic E-state index is 10.0. The molecule has 5 N–H and O–H groups in total. The van der Waals surface area contributed by atoms with E-state index in [4.69, 9.17) is 5.11 Å². The average molecular weight is 316 g/mol. The number of nitrogens with zero attached hydrogens (tertiary/aromatic N) is 3. The van der Waals surface area contributed by atoms with Gasteiger partial charge in [-0.2, -0.15) is 0 Å². The van der Waals surface area contributed by atoms with Crippen molar-refractivity contribution in [1.82, 2.24) is 20.3 Å². The molecule has 0 radical (unpaired) electrons. The van der Waals surface area contributed by atoms with Crippen LogP contribution in [0.2, 0.25) is 19.6 Å². The minimum Gasteiger partial charge on any atom is -0.395 e. The van der Waals surface area contributed by atoms with Crippen LogP contribution in [0.5, 0.6) is 0 Å². The van der Waals surface area contributed by atoms with Crippen molar-refractivity contribution in [1.29, 1.82) is 0 Å². The van der Waals surface area contributed by atoms with Crippen LogP contribution < -0.4 is 10.6 Å². The molecule has 0 aliphatic carbocycles. The summed E-state index contributed by atoms with van der Waals surface area (Å²) in [5.74, 6) is 0. The third-order valence-electron chi connectivity index (χ3n) is 3.87. The Morgan fingerprint density at radius 3 is 2.24 bits per heavy atom. The molecule has 0 bridgehead atoms. The van der Waals surface area contributed by atoms with Gasteiger partial charge in [-0.25, -0.2) is 4.68 Å². The molecule has 0 aromatic carbocycles. The Hall–Kier alpha value is -0.843. The van der Waals surface area contributed by atoms with Gasteiger partial charge >= 0.3 is 0 Å². The second kappa shape index (κ2) is 6.11. The van der Waals surface area contributed by atoms with Gasteiger partial charge in [-0.15, -0.1) is 5.10 Å². The summed E-state index contributed by atoms with van der Waals surface area (Å²) in [6.45, 7) is 6.22. The number of aliphatic hydroxyl groups is 4. The number of hydrogen-bond donors (Lipinski definition) is 5. The van der Waals surface area contributed by atoms with Gasteiger partial charge in [0.25, 0.3) is 0 Å². The molecule has 1 aromatic rings. The molecule has 1 aliphatic heterocycles. The highest BCUT2D eigenvalue weighted by Gasteiger charge is 2.41. The van der Waals surface area contributed by atoms with E-state index in [1.165, 1.54) is 0 Å². The van der Waals surface area contributed by atoms with Gasteiger partial charge in [0, 0.05) is 0 Å². The van der Waals surface area contributed by atoms with E-state index in [-0.39, 0.29) is 19.8 Å². The van der Waals surface area contributed by atoms with Crippen LogP contribution in [0.15, 0.2) is 0 Å². The molecule has 1 fully saturated rings. The van der Waals surface area contributed by atoms with Crippen molar-refractivity contribution >= 4 is 13.4 Å². The largest absolute Gasteiger partial charge is 0.395 e. The van der Waals surface area contributed by atoms with Gasteiger partial charge in [0.1, 0.15) is 8.07 Å². The number of nitrogens with one attached hydrogen (secondary N) is 1. The van der Waals surface area contributed by atoms with E-state index in [0.717, 1.165) is 5.32 Å². The van der Waals surface area contributed by atoms with Crippen LogP contribution in [0.25, 0.3) is 0 Å². The summed E-state index contributed by atoms with van der Waals surface area (Å²) in [6, 6.07) is -0.999. The molecular formula is C12H24N4O4Si. The van der Waals surface area contributed by atoms with Crippen LogP contribution in [0, 0.1) is 0 Å². The molecule has 0 saturated carbocycles. The minimum atomic E-state index is -1.71. The van der Waals surface area contributed by atoms with Gasteiger partial charge in [-0.1, -0.05) is 24.9 Å². The summed E-state index contributed by atoms with van der Waals surface area (Å²) < 4.78 is 1.57. The monoisotopic (exact) mass is 316 g/mol. The standard InChI is InChI=1S/C12H24N4O4Si/c1-21(2,3)12-9(6-18)16(15-14-12)4-7-10(19)11(20)8(5-17)13-7/h7-8,10-11,13,17-20H,4-6H2,1-3H3/t7-,8-,10-,11-/m1/s1. The average Bonchev–Trinajstić information content (AvgIpc) is 2.94. The fraction of sp³-hybridized carbons (Fsp3) is 0.833. The Bertz CT molecular complexity index is 490. The maximum atomic E-state index is 10.0. The lowest BCUT2D eigenvalue weighted by Gasteiger charge is -2.18.